The molecule has 3 aromatic carbocycles. The summed E-state index contributed by atoms with van der Waals surface area (Å²) in [7, 11) is -0.827. The van der Waals surface area contributed by atoms with Crippen molar-refractivity contribution in [3.8, 4) is 16.9 Å². The van der Waals surface area contributed by atoms with Crippen molar-refractivity contribution in [1.82, 2.24) is 19.5 Å². The summed E-state index contributed by atoms with van der Waals surface area (Å²) in [6, 6.07) is 19.6. The second-order valence-electron chi connectivity index (χ2n) is 16.2. The van der Waals surface area contributed by atoms with Crippen LogP contribution in [-0.2, 0) is 37.7 Å². The molecule has 0 saturated carbocycles. The zero-order chi connectivity index (χ0) is 39.8. The number of rotatable bonds is 11. The third-order valence-corrected chi connectivity index (χ3v) is 16.8. The molecule has 0 amide bonds. The maximum atomic E-state index is 11.9. The Balaban J connectivity index is 0.000000302. The van der Waals surface area contributed by atoms with E-state index in [1.165, 1.54) is 44.4 Å². The van der Waals surface area contributed by atoms with Crippen LogP contribution in [0.1, 0.15) is 111 Å². The minimum atomic E-state index is -0.827. The summed E-state index contributed by atoms with van der Waals surface area (Å²) in [5.41, 5.74) is 10.2. The van der Waals surface area contributed by atoms with Gasteiger partial charge in [-0.25, -0.2) is 9.97 Å². The molecule has 298 valence electrons. The van der Waals surface area contributed by atoms with E-state index in [2.05, 4.69) is 94.6 Å². The normalized spacial score (nSPS) is 13.1. The average molecular weight is 963 g/mol. The fourth-order valence-corrected chi connectivity index (χ4v) is 12.8. The van der Waals surface area contributed by atoms with Gasteiger partial charge in [-0.2, -0.15) is 0 Å². The molecule has 0 spiro atoms. The summed E-state index contributed by atoms with van der Waals surface area (Å²) >= 11 is 1.77. The number of ketones is 1. The topological polar surface area (TPSA) is 80.9 Å². The van der Waals surface area contributed by atoms with Gasteiger partial charge >= 0.3 is 0 Å². The van der Waals surface area contributed by atoms with Crippen LogP contribution in [0.4, 0.5) is 0 Å². The average Bonchev–Trinajstić information content (AvgIpc) is 3.72. The molecule has 4 heterocycles. The first kappa shape index (κ1) is 43.6. The second-order valence-corrected chi connectivity index (χ2v) is 21.0. The number of allylic oxidation sites excluding steroid dienone is 2. The van der Waals surface area contributed by atoms with E-state index in [9.17, 15) is 9.90 Å². The van der Waals surface area contributed by atoms with E-state index in [0.29, 0.717) is 11.1 Å². The molecular formula is C47H58IrN4O2SSi-. The fraction of sp³-hybridized carbons (Fsp3) is 0.447. The maximum absolute atomic E-state index is 11.9. The molecule has 0 fully saturated rings. The summed E-state index contributed by atoms with van der Waals surface area (Å²) in [6.07, 6.45) is 8.53. The number of benzene rings is 3. The van der Waals surface area contributed by atoms with E-state index >= 15 is 0 Å². The molecule has 3 aromatic heterocycles. The number of thiophene rings is 1. The molecule has 7 rings (SSSR count). The van der Waals surface area contributed by atoms with Crippen LogP contribution in [-0.4, -0.2) is 39.2 Å². The Hall–Kier alpha value is -3.49. The molecule has 0 atom stereocenters. The van der Waals surface area contributed by atoms with Crippen LogP contribution in [0.2, 0.25) is 11.1 Å². The Morgan fingerprint density at radius 2 is 1.62 bits per heavy atom. The van der Waals surface area contributed by atoms with E-state index in [0.717, 1.165) is 76.2 Å². The number of aryl methyl sites for hydroxylation is 4. The van der Waals surface area contributed by atoms with Crippen LogP contribution in [0.25, 0.3) is 48.3 Å². The molecule has 1 aliphatic rings. The molecule has 0 unspecified atom stereocenters. The van der Waals surface area contributed by atoms with Crippen LogP contribution in [0.15, 0.2) is 60.6 Å². The van der Waals surface area contributed by atoms with Crippen molar-refractivity contribution in [2.75, 3.05) is 0 Å². The fourth-order valence-electron chi connectivity index (χ4n) is 8.16. The van der Waals surface area contributed by atoms with Crippen LogP contribution in [0, 0.1) is 31.2 Å². The van der Waals surface area contributed by atoms with Gasteiger partial charge in [0.15, 0.2) is 5.78 Å². The number of imidazole rings is 1. The zero-order valence-electron chi connectivity index (χ0n) is 35.1. The van der Waals surface area contributed by atoms with Crippen LogP contribution in [0.5, 0.6) is 0 Å². The summed E-state index contributed by atoms with van der Waals surface area (Å²) in [4.78, 5) is 27.8. The number of para-hydroxylation sites is 1. The van der Waals surface area contributed by atoms with Crippen molar-refractivity contribution >= 4 is 62.4 Å². The largest absolute Gasteiger partial charge is 0.512 e. The molecule has 0 aliphatic carbocycles. The number of fused-ring (bicyclic) bond motifs is 8. The molecule has 1 N–H and O–H groups in total. The zero-order valence-corrected chi connectivity index (χ0v) is 39.3. The van der Waals surface area contributed by atoms with E-state index < -0.39 is 8.80 Å². The van der Waals surface area contributed by atoms with Gasteiger partial charge in [0.1, 0.15) is 33.8 Å². The number of aliphatic hydroxyl groups is 1. The third-order valence-electron chi connectivity index (χ3n) is 12.1. The molecule has 6 nitrogen and oxygen atoms in total. The summed E-state index contributed by atoms with van der Waals surface area (Å²) in [6.45, 7) is 24.1. The van der Waals surface area contributed by atoms with Gasteiger partial charge in [0.2, 0.25) is 0 Å². The number of hydrogen-bond acceptors (Lipinski definition) is 6. The number of hydrogen-bond donors (Lipinski definition) is 1. The van der Waals surface area contributed by atoms with Gasteiger partial charge in [-0.3, -0.25) is 14.3 Å². The molecule has 0 bridgehead atoms. The molecule has 9 heteroatoms. The predicted molar refractivity (Wildman–Crippen MR) is 235 cm³/mol. The van der Waals surface area contributed by atoms with Crippen molar-refractivity contribution in [2.24, 2.45) is 11.3 Å². The Morgan fingerprint density at radius 3 is 2.27 bits per heavy atom. The van der Waals surface area contributed by atoms with Gasteiger partial charge in [0.05, 0.1) is 14.5 Å². The number of aromatic nitrogens is 4. The standard InChI is InChI=1S/C33H32N4SSi.C14H26O2.Ir/c1-18(2)39(19(3)4)27-16-24(15-23-13-20(5)21(6)14-25(23)27)29-32-30(35-17-34-29)31-33(38-32)37-26-10-8-7-9-22(26)11-12-28(37)36-31;1-6-11(7-2)12(15)10-13(16)14(5,8-3)9-4;/h7-10,13-14,16-19H,11-12H2,1-6H3;10-11,16H,6-9H2,1-5H3;/q-1;;/b;13-10-;. The van der Waals surface area contributed by atoms with Crippen LogP contribution in [0.3, 0.4) is 0 Å². The van der Waals surface area contributed by atoms with Gasteiger partial charge in [-0.1, -0.05) is 109 Å². The first-order valence-electron chi connectivity index (χ1n) is 20.3. The molecule has 0 saturated heterocycles. The van der Waals surface area contributed by atoms with Gasteiger partial charge in [0, 0.05) is 54.3 Å². The van der Waals surface area contributed by atoms with Crippen molar-refractivity contribution in [2.45, 2.75) is 126 Å². The monoisotopic (exact) mass is 963 g/mol. The molecule has 1 aliphatic heterocycles. The van der Waals surface area contributed by atoms with Crippen molar-refractivity contribution in [1.29, 1.82) is 0 Å². The van der Waals surface area contributed by atoms with Gasteiger partial charge in [-0.05, 0) is 68.7 Å². The Kier molecular flexibility index (Phi) is 14.0. The first-order valence-corrected chi connectivity index (χ1v) is 22.8. The molecule has 6 aromatic rings. The van der Waals surface area contributed by atoms with Crippen molar-refractivity contribution < 1.29 is 30.0 Å². The summed E-state index contributed by atoms with van der Waals surface area (Å²) < 4.78 is 3.45. The molecule has 2 radical (unpaired) electrons. The molecular weight excluding hydrogens is 905 g/mol. The van der Waals surface area contributed by atoms with Gasteiger partial charge in [0.25, 0.3) is 0 Å². The van der Waals surface area contributed by atoms with Crippen LogP contribution < -0.4 is 5.19 Å². The molecule has 56 heavy (non-hydrogen) atoms. The van der Waals surface area contributed by atoms with E-state index in [1.54, 1.807) is 17.7 Å². The second kappa shape index (κ2) is 18.0. The minimum absolute atomic E-state index is 0. The first-order chi connectivity index (χ1) is 26.3. The number of nitrogens with zero attached hydrogens (tertiary/aromatic N) is 4. The summed E-state index contributed by atoms with van der Waals surface area (Å²) in [5.74, 6) is 1.49. The Labute approximate surface area is 353 Å². The van der Waals surface area contributed by atoms with E-state index in [1.807, 2.05) is 34.6 Å². The minimum Gasteiger partial charge on any atom is -0.512 e. The van der Waals surface area contributed by atoms with Crippen molar-refractivity contribution in [3.05, 3.63) is 89.2 Å². The third kappa shape index (κ3) is 8.25. The van der Waals surface area contributed by atoms with E-state index in [-0.39, 0.29) is 43.0 Å². The van der Waals surface area contributed by atoms with Crippen molar-refractivity contribution in [3.63, 3.8) is 0 Å². The SMILES string of the molecule is CCC(CC)C(=O)/C=C(\O)C(C)(CC)CC.Cc1cc2[c-]c(-c3ncnc4c3sc3c4nc4n3-c3ccccc3CC4)cc([Si](C(C)C)C(C)C)c2cc1C.[Ir]. The van der Waals surface area contributed by atoms with Gasteiger partial charge < -0.3 is 5.11 Å². The quantitative estimate of drug-likeness (QED) is 0.0605. The van der Waals surface area contributed by atoms with E-state index in [4.69, 9.17) is 15.0 Å². The Morgan fingerprint density at radius 1 is 0.964 bits per heavy atom. The number of aliphatic hydroxyl groups excluding tert-OH is 1. The smallest absolute Gasteiger partial charge is 0.162 e. The number of carbonyl (C=O) groups is 1. The van der Waals surface area contributed by atoms with Crippen LogP contribution >= 0.6 is 11.3 Å². The predicted octanol–water partition coefficient (Wildman–Crippen LogP) is 12.1. The maximum Gasteiger partial charge on any atom is 0.162 e. The van der Waals surface area contributed by atoms with Gasteiger partial charge in [-0.15, -0.1) is 40.1 Å². The Bertz CT molecular complexity index is 2380. The summed E-state index contributed by atoms with van der Waals surface area (Å²) in [5, 5.41) is 14.1. The number of carbonyl (C=O) groups excluding carboxylic acids is 1.